The number of hydrogen-bond acceptors (Lipinski definition) is 5. The van der Waals surface area contributed by atoms with E-state index in [1.807, 2.05) is 12.1 Å². The summed E-state index contributed by atoms with van der Waals surface area (Å²) in [4.78, 5) is 12.5. The molecule has 0 heterocycles. The van der Waals surface area contributed by atoms with E-state index in [1.54, 1.807) is 32.2 Å². The fourth-order valence-corrected chi connectivity index (χ4v) is 3.99. The molecule has 3 aromatic carbocycles. The summed E-state index contributed by atoms with van der Waals surface area (Å²) in [5.74, 6) is 0.239. The third-order valence-electron chi connectivity index (χ3n) is 4.57. The zero-order valence-corrected chi connectivity index (χ0v) is 18.4. The molecule has 32 heavy (non-hydrogen) atoms. The van der Waals surface area contributed by atoms with Crippen molar-refractivity contribution in [2.24, 2.45) is 0 Å². The molecule has 0 spiro atoms. The molecule has 0 aromatic heterocycles. The van der Waals surface area contributed by atoms with Crippen LogP contribution in [0.1, 0.15) is 15.9 Å². The number of amides is 1. The molecule has 0 saturated heterocycles. The third kappa shape index (κ3) is 5.76. The van der Waals surface area contributed by atoms with Gasteiger partial charge in [-0.3, -0.25) is 9.52 Å². The Morgan fingerprint density at radius 1 is 1.00 bits per heavy atom. The van der Waals surface area contributed by atoms with Crippen LogP contribution in [0.4, 0.5) is 10.1 Å². The first kappa shape index (κ1) is 23.1. The highest BCUT2D eigenvalue weighted by atomic mass is 32.2. The van der Waals surface area contributed by atoms with E-state index in [1.165, 1.54) is 24.3 Å². The zero-order valence-electron chi connectivity index (χ0n) is 17.6. The quantitative estimate of drug-likeness (QED) is 0.477. The van der Waals surface area contributed by atoms with Gasteiger partial charge < -0.3 is 14.8 Å². The Kier molecular flexibility index (Phi) is 7.32. The van der Waals surface area contributed by atoms with E-state index in [0.717, 1.165) is 12.1 Å². The van der Waals surface area contributed by atoms with Crippen molar-refractivity contribution in [2.75, 3.05) is 25.0 Å². The molecule has 3 rings (SSSR count). The molecule has 0 atom stereocenters. The molecule has 1 amide bonds. The summed E-state index contributed by atoms with van der Waals surface area (Å²) in [6.07, 6.45) is 0. The molecule has 168 valence electrons. The average molecular weight is 459 g/mol. The fraction of sp³-hybridized carbons (Fsp3) is 0.174. The molecule has 0 aliphatic rings. The smallest absolute Gasteiger partial charge is 0.261 e. The van der Waals surface area contributed by atoms with Crippen LogP contribution in [0.25, 0.3) is 0 Å². The number of aryl methyl sites for hydroxylation is 1. The second-order valence-electron chi connectivity index (χ2n) is 6.84. The van der Waals surface area contributed by atoms with Gasteiger partial charge in [-0.15, -0.1) is 0 Å². The Hall–Kier alpha value is -3.59. The predicted octanol–water partition coefficient (Wildman–Crippen LogP) is 3.75. The van der Waals surface area contributed by atoms with Crippen LogP contribution in [-0.2, 0) is 10.0 Å². The normalized spacial score (nSPS) is 11.0. The number of ether oxygens (including phenoxy) is 2. The van der Waals surface area contributed by atoms with Crippen LogP contribution in [0.5, 0.6) is 11.5 Å². The lowest BCUT2D eigenvalue weighted by Crippen LogP contribution is -2.29. The van der Waals surface area contributed by atoms with Gasteiger partial charge in [-0.1, -0.05) is 18.2 Å². The summed E-state index contributed by atoms with van der Waals surface area (Å²) < 4.78 is 51.6. The van der Waals surface area contributed by atoms with Crippen LogP contribution in [-0.4, -0.2) is 34.6 Å². The van der Waals surface area contributed by atoms with Crippen molar-refractivity contribution >= 4 is 21.6 Å². The molecule has 0 saturated carbocycles. The number of rotatable bonds is 9. The predicted molar refractivity (Wildman–Crippen MR) is 119 cm³/mol. The van der Waals surface area contributed by atoms with Gasteiger partial charge in [-0.05, 0) is 61.0 Å². The lowest BCUT2D eigenvalue weighted by Gasteiger charge is -2.13. The fourth-order valence-electron chi connectivity index (χ4n) is 2.90. The number of para-hydroxylation sites is 2. The van der Waals surface area contributed by atoms with Crippen molar-refractivity contribution in [3.8, 4) is 11.5 Å². The number of hydrogen-bond donors (Lipinski definition) is 2. The van der Waals surface area contributed by atoms with Gasteiger partial charge in [0.15, 0.2) is 11.5 Å². The standard InChI is InChI=1S/C23H23FN2O5S/c1-16-7-12-19(32(28,29)26-18-10-8-17(24)9-11-18)15-20(16)23(27)25-13-14-31-22-6-4-3-5-21(22)30-2/h3-12,15,26H,13-14H2,1-2H3,(H,25,27). The van der Waals surface area contributed by atoms with Crippen molar-refractivity contribution in [1.29, 1.82) is 0 Å². The average Bonchev–Trinajstić information content (AvgIpc) is 2.78. The first-order chi connectivity index (χ1) is 15.3. The lowest BCUT2D eigenvalue weighted by atomic mass is 10.1. The maximum atomic E-state index is 13.1. The molecule has 0 unspecified atom stereocenters. The van der Waals surface area contributed by atoms with Gasteiger partial charge >= 0.3 is 0 Å². The number of anilines is 1. The van der Waals surface area contributed by atoms with Crippen molar-refractivity contribution in [3.63, 3.8) is 0 Å². The number of methoxy groups -OCH3 is 1. The van der Waals surface area contributed by atoms with Crippen molar-refractivity contribution < 1.29 is 27.1 Å². The minimum absolute atomic E-state index is 0.0807. The van der Waals surface area contributed by atoms with Crippen molar-refractivity contribution in [1.82, 2.24) is 5.32 Å². The summed E-state index contributed by atoms with van der Waals surface area (Å²) in [6.45, 7) is 2.13. The van der Waals surface area contributed by atoms with Gasteiger partial charge in [0.05, 0.1) is 18.6 Å². The van der Waals surface area contributed by atoms with Crippen LogP contribution in [0.15, 0.2) is 71.6 Å². The SMILES string of the molecule is COc1ccccc1OCCNC(=O)c1cc(S(=O)(=O)Nc2ccc(F)cc2)ccc1C. The topological polar surface area (TPSA) is 93.7 Å². The summed E-state index contributed by atoms with van der Waals surface area (Å²) in [7, 11) is -2.42. The van der Waals surface area contributed by atoms with E-state index >= 15 is 0 Å². The maximum absolute atomic E-state index is 13.1. The molecule has 2 N–H and O–H groups in total. The summed E-state index contributed by atoms with van der Waals surface area (Å²) in [5.41, 5.74) is 1.06. The van der Waals surface area contributed by atoms with E-state index < -0.39 is 21.7 Å². The van der Waals surface area contributed by atoms with Gasteiger partial charge in [0, 0.05) is 11.3 Å². The number of sulfonamides is 1. The summed E-state index contributed by atoms with van der Waals surface area (Å²) >= 11 is 0. The van der Waals surface area contributed by atoms with Gasteiger partial charge in [-0.25, -0.2) is 12.8 Å². The highest BCUT2D eigenvalue weighted by Crippen LogP contribution is 2.25. The second kappa shape index (κ2) is 10.1. The Morgan fingerprint density at radius 2 is 1.69 bits per heavy atom. The van der Waals surface area contributed by atoms with Gasteiger partial charge in [0.25, 0.3) is 15.9 Å². The van der Waals surface area contributed by atoms with Gasteiger partial charge in [-0.2, -0.15) is 0 Å². The molecule has 3 aromatic rings. The molecule has 0 radical (unpaired) electrons. The van der Waals surface area contributed by atoms with Gasteiger partial charge in [0.1, 0.15) is 12.4 Å². The third-order valence-corrected chi connectivity index (χ3v) is 5.95. The van der Waals surface area contributed by atoms with Crippen LogP contribution >= 0.6 is 0 Å². The molecule has 7 nitrogen and oxygen atoms in total. The Labute approximate surface area is 186 Å². The van der Waals surface area contributed by atoms with Crippen molar-refractivity contribution in [3.05, 3.63) is 83.7 Å². The zero-order chi connectivity index (χ0) is 23.1. The van der Waals surface area contributed by atoms with Crippen LogP contribution in [0.3, 0.4) is 0 Å². The van der Waals surface area contributed by atoms with E-state index in [4.69, 9.17) is 9.47 Å². The molecule has 0 fully saturated rings. The number of carbonyl (C=O) groups excluding carboxylic acids is 1. The highest BCUT2D eigenvalue weighted by Gasteiger charge is 2.18. The summed E-state index contributed by atoms with van der Waals surface area (Å²) in [6, 6.07) is 16.4. The Morgan fingerprint density at radius 3 is 2.38 bits per heavy atom. The van der Waals surface area contributed by atoms with Crippen molar-refractivity contribution in [2.45, 2.75) is 11.8 Å². The number of halogens is 1. The van der Waals surface area contributed by atoms with Crippen LogP contribution in [0.2, 0.25) is 0 Å². The second-order valence-corrected chi connectivity index (χ2v) is 8.53. The van der Waals surface area contributed by atoms with E-state index in [-0.39, 0.29) is 29.3 Å². The Bertz CT molecular complexity index is 1200. The van der Waals surface area contributed by atoms with Crippen LogP contribution in [0, 0.1) is 12.7 Å². The lowest BCUT2D eigenvalue weighted by molar-refractivity contribution is 0.0946. The maximum Gasteiger partial charge on any atom is 0.261 e. The molecule has 0 aliphatic heterocycles. The van der Waals surface area contributed by atoms with E-state index in [0.29, 0.717) is 17.1 Å². The minimum atomic E-state index is -3.96. The van der Waals surface area contributed by atoms with Gasteiger partial charge in [0.2, 0.25) is 0 Å². The highest BCUT2D eigenvalue weighted by molar-refractivity contribution is 7.92. The summed E-state index contributed by atoms with van der Waals surface area (Å²) in [5, 5.41) is 2.72. The first-order valence-electron chi connectivity index (χ1n) is 9.73. The molecule has 0 bridgehead atoms. The van der Waals surface area contributed by atoms with E-state index in [2.05, 4.69) is 10.0 Å². The molecule has 0 aliphatic carbocycles. The minimum Gasteiger partial charge on any atom is -0.493 e. The largest absolute Gasteiger partial charge is 0.493 e. The molecular formula is C23H23FN2O5S. The first-order valence-corrected chi connectivity index (χ1v) is 11.2. The number of carbonyl (C=O) groups is 1. The van der Waals surface area contributed by atoms with E-state index in [9.17, 15) is 17.6 Å². The Balaban J connectivity index is 1.65. The monoisotopic (exact) mass is 458 g/mol. The molecule has 9 heteroatoms. The number of nitrogens with one attached hydrogen (secondary N) is 2. The molecular weight excluding hydrogens is 435 g/mol. The number of benzene rings is 3. The van der Waals surface area contributed by atoms with Crippen LogP contribution < -0.4 is 19.5 Å².